The van der Waals surface area contributed by atoms with E-state index < -0.39 is 5.54 Å². The van der Waals surface area contributed by atoms with Crippen molar-refractivity contribution < 1.29 is 4.79 Å². The van der Waals surface area contributed by atoms with Crippen LogP contribution in [0.2, 0.25) is 0 Å². The molecule has 1 aliphatic rings. The van der Waals surface area contributed by atoms with E-state index in [0.717, 1.165) is 32.5 Å². The zero-order chi connectivity index (χ0) is 19.3. The number of halogens is 1. The molecule has 1 atom stereocenters. The Balaban J connectivity index is 1.82. The lowest BCUT2D eigenvalue weighted by molar-refractivity contribution is -0.123. The molecule has 2 aromatic carbocycles. The molecule has 5 heteroatoms. The Morgan fingerprint density at radius 2 is 1.67 bits per heavy atom. The summed E-state index contributed by atoms with van der Waals surface area (Å²) < 4.78 is 3.06. The van der Waals surface area contributed by atoms with Gasteiger partial charge in [-0.05, 0) is 68.7 Å². The first-order valence-corrected chi connectivity index (χ1v) is 9.81. The fourth-order valence-corrected chi connectivity index (χ4v) is 4.18. The molecule has 2 heterocycles. The minimum atomic E-state index is -0.706. The van der Waals surface area contributed by atoms with Crippen LogP contribution >= 0.6 is 15.9 Å². The van der Waals surface area contributed by atoms with Crippen molar-refractivity contribution in [1.82, 2.24) is 9.55 Å². The Labute approximate surface area is 168 Å². The van der Waals surface area contributed by atoms with Crippen LogP contribution in [0, 0.1) is 20.8 Å². The van der Waals surface area contributed by atoms with Gasteiger partial charge in [0.05, 0.1) is 11.4 Å². The van der Waals surface area contributed by atoms with Crippen LogP contribution in [0.3, 0.4) is 0 Å². The zero-order valence-electron chi connectivity index (χ0n) is 16.0. The molecule has 27 heavy (non-hydrogen) atoms. The standard InChI is InChI=1S/C22H22BrN3O/c1-14-9-15(2)11-19(10-14)26-20(27)22(4,25-13-16(3)24-21(25)26)12-17-5-7-18(23)8-6-17/h5-11,13H,12H2,1-4H3. The maximum Gasteiger partial charge on any atom is 0.260 e. The molecule has 0 aliphatic carbocycles. The van der Waals surface area contributed by atoms with Crippen LogP contribution < -0.4 is 4.90 Å². The number of fused-ring (bicyclic) bond motifs is 1. The number of nitrogens with zero attached hydrogens (tertiary/aromatic N) is 3. The van der Waals surface area contributed by atoms with Crippen molar-refractivity contribution in [2.24, 2.45) is 0 Å². The minimum Gasteiger partial charge on any atom is -0.301 e. The number of carbonyl (C=O) groups is 1. The molecule has 0 bridgehead atoms. The van der Waals surface area contributed by atoms with Crippen molar-refractivity contribution in [3.05, 3.63) is 75.5 Å². The van der Waals surface area contributed by atoms with Gasteiger partial charge in [-0.25, -0.2) is 9.88 Å². The van der Waals surface area contributed by atoms with Gasteiger partial charge < -0.3 is 4.57 Å². The average Bonchev–Trinajstić information content (AvgIpc) is 3.05. The zero-order valence-corrected chi connectivity index (χ0v) is 17.5. The molecule has 0 saturated heterocycles. The second-order valence-corrected chi connectivity index (χ2v) is 8.53. The van der Waals surface area contributed by atoms with Crippen molar-refractivity contribution in [1.29, 1.82) is 0 Å². The van der Waals surface area contributed by atoms with Crippen LogP contribution in [-0.2, 0) is 16.8 Å². The normalized spacial score (nSPS) is 18.9. The number of anilines is 2. The summed E-state index contributed by atoms with van der Waals surface area (Å²) in [6.07, 6.45) is 2.60. The highest BCUT2D eigenvalue weighted by molar-refractivity contribution is 9.10. The van der Waals surface area contributed by atoms with Gasteiger partial charge in [0, 0.05) is 17.1 Å². The monoisotopic (exact) mass is 423 g/mol. The SMILES string of the molecule is Cc1cc(C)cc(N2C(=O)C(C)(Cc3ccc(Br)cc3)n3cc(C)nc32)c1. The molecule has 0 radical (unpaired) electrons. The maximum absolute atomic E-state index is 13.6. The van der Waals surface area contributed by atoms with Crippen LogP contribution in [-0.4, -0.2) is 15.5 Å². The van der Waals surface area contributed by atoms with Gasteiger partial charge in [0.25, 0.3) is 5.91 Å². The number of carbonyl (C=O) groups excluding carboxylic acids is 1. The number of aryl methyl sites for hydroxylation is 3. The van der Waals surface area contributed by atoms with E-state index in [1.54, 1.807) is 4.90 Å². The Kier molecular flexibility index (Phi) is 4.22. The van der Waals surface area contributed by atoms with E-state index >= 15 is 0 Å². The summed E-state index contributed by atoms with van der Waals surface area (Å²) in [4.78, 5) is 20.0. The highest BCUT2D eigenvalue weighted by Crippen LogP contribution is 2.41. The number of amides is 1. The molecule has 4 nitrogen and oxygen atoms in total. The summed E-state index contributed by atoms with van der Waals surface area (Å²) in [6.45, 7) is 8.08. The fraction of sp³-hybridized carbons (Fsp3) is 0.273. The lowest BCUT2D eigenvalue weighted by Crippen LogP contribution is -2.40. The highest BCUT2D eigenvalue weighted by atomic mass is 79.9. The van der Waals surface area contributed by atoms with E-state index in [4.69, 9.17) is 0 Å². The molecule has 0 saturated carbocycles. The Morgan fingerprint density at radius 3 is 2.30 bits per heavy atom. The largest absolute Gasteiger partial charge is 0.301 e. The number of benzene rings is 2. The first-order chi connectivity index (χ1) is 12.8. The van der Waals surface area contributed by atoms with E-state index in [2.05, 4.69) is 53.0 Å². The van der Waals surface area contributed by atoms with E-state index in [0.29, 0.717) is 12.4 Å². The van der Waals surface area contributed by atoms with Gasteiger partial charge in [-0.2, -0.15) is 0 Å². The van der Waals surface area contributed by atoms with Gasteiger partial charge in [0.15, 0.2) is 0 Å². The molecular weight excluding hydrogens is 402 g/mol. The molecule has 3 aromatic rings. The van der Waals surface area contributed by atoms with Crippen molar-refractivity contribution >= 4 is 33.5 Å². The molecule has 1 unspecified atom stereocenters. The Hall–Kier alpha value is -2.40. The topological polar surface area (TPSA) is 38.1 Å². The third-order valence-electron chi connectivity index (χ3n) is 5.13. The van der Waals surface area contributed by atoms with Gasteiger partial charge in [-0.15, -0.1) is 0 Å². The van der Waals surface area contributed by atoms with Crippen molar-refractivity contribution in [2.45, 2.75) is 39.7 Å². The van der Waals surface area contributed by atoms with Gasteiger partial charge in [-0.1, -0.05) is 34.1 Å². The summed E-state index contributed by atoms with van der Waals surface area (Å²) in [5.74, 6) is 0.750. The van der Waals surface area contributed by atoms with Crippen LogP contribution in [0.1, 0.15) is 29.3 Å². The molecular formula is C22H22BrN3O. The summed E-state index contributed by atoms with van der Waals surface area (Å²) in [5.41, 5.74) is 4.47. The van der Waals surface area contributed by atoms with Gasteiger partial charge in [0.2, 0.25) is 5.95 Å². The Morgan fingerprint density at radius 1 is 1.04 bits per heavy atom. The average molecular weight is 424 g/mol. The number of hydrogen-bond donors (Lipinski definition) is 0. The second kappa shape index (κ2) is 6.34. The molecule has 1 amide bonds. The first-order valence-electron chi connectivity index (χ1n) is 9.02. The second-order valence-electron chi connectivity index (χ2n) is 7.62. The third-order valence-corrected chi connectivity index (χ3v) is 5.66. The quantitative estimate of drug-likeness (QED) is 0.579. The molecule has 1 aliphatic heterocycles. The van der Waals surface area contributed by atoms with Crippen molar-refractivity contribution in [3.63, 3.8) is 0 Å². The van der Waals surface area contributed by atoms with Crippen LogP contribution in [0.5, 0.6) is 0 Å². The lowest BCUT2D eigenvalue weighted by Gasteiger charge is -2.25. The number of hydrogen-bond acceptors (Lipinski definition) is 2. The van der Waals surface area contributed by atoms with E-state index in [1.807, 2.05) is 48.9 Å². The molecule has 0 spiro atoms. The predicted octanol–water partition coefficient (Wildman–Crippen LogP) is 5.21. The van der Waals surface area contributed by atoms with Gasteiger partial charge in [0.1, 0.15) is 5.54 Å². The molecule has 1 aromatic heterocycles. The lowest BCUT2D eigenvalue weighted by atomic mass is 9.92. The van der Waals surface area contributed by atoms with E-state index in [-0.39, 0.29) is 5.91 Å². The molecule has 4 rings (SSSR count). The summed E-state index contributed by atoms with van der Waals surface area (Å²) in [7, 11) is 0. The molecule has 0 N–H and O–H groups in total. The summed E-state index contributed by atoms with van der Waals surface area (Å²) in [5, 5.41) is 0. The van der Waals surface area contributed by atoms with Crippen molar-refractivity contribution in [2.75, 3.05) is 4.90 Å². The summed E-state index contributed by atoms with van der Waals surface area (Å²) in [6, 6.07) is 14.4. The molecule has 0 fully saturated rings. The smallest absolute Gasteiger partial charge is 0.260 e. The molecule has 138 valence electrons. The third kappa shape index (κ3) is 3.00. The van der Waals surface area contributed by atoms with E-state index in [1.165, 1.54) is 0 Å². The summed E-state index contributed by atoms with van der Waals surface area (Å²) >= 11 is 3.48. The maximum atomic E-state index is 13.6. The first kappa shape index (κ1) is 18.0. The van der Waals surface area contributed by atoms with E-state index in [9.17, 15) is 4.79 Å². The minimum absolute atomic E-state index is 0.0536. The van der Waals surface area contributed by atoms with Crippen molar-refractivity contribution in [3.8, 4) is 0 Å². The fourth-order valence-electron chi connectivity index (χ4n) is 3.91. The van der Waals surface area contributed by atoms with Crippen LogP contribution in [0.25, 0.3) is 0 Å². The van der Waals surface area contributed by atoms with Gasteiger partial charge in [-0.3, -0.25) is 4.79 Å². The highest BCUT2D eigenvalue weighted by Gasteiger charge is 2.49. The number of rotatable bonds is 3. The number of aromatic nitrogens is 2. The van der Waals surface area contributed by atoms with Crippen LogP contribution in [0.15, 0.2) is 53.1 Å². The Bertz CT molecular complexity index is 1020. The van der Waals surface area contributed by atoms with Gasteiger partial charge >= 0.3 is 0 Å². The van der Waals surface area contributed by atoms with Crippen LogP contribution in [0.4, 0.5) is 11.6 Å². The predicted molar refractivity (Wildman–Crippen MR) is 112 cm³/mol. The number of imidazole rings is 1.